The maximum atomic E-state index is 4.38. The molecule has 1 aliphatic rings. The fraction of sp³-hybridized carbons (Fsp3) is 0.500. The molecule has 2 aromatic heterocycles. The number of aromatic nitrogens is 3. The summed E-state index contributed by atoms with van der Waals surface area (Å²) in [6.45, 7) is 8.43. The number of rotatable bonds is 2. The number of imidazole rings is 1. The van der Waals surface area contributed by atoms with E-state index < -0.39 is 0 Å². The predicted molar refractivity (Wildman–Crippen MR) is 71.3 cm³/mol. The van der Waals surface area contributed by atoms with Crippen molar-refractivity contribution >= 4 is 0 Å². The minimum absolute atomic E-state index is 0.616. The van der Waals surface area contributed by atoms with Crippen LogP contribution in [0.1, 0.15) is 17.2 Å². The van der Waals surface area contributed by atoms with Gasteiger partial charge < -0.3 is 14.5 Å². The first-order valence-corrected chi connectivity index (χ1v) is 6.57. The summed E-state index contributed by atoms with van der Waals surface area (Å²) in [7, 11) is 0. The lowest BCUT2D eigenvalue weighted by Gasteiger charge is -2.18. The van der Waals surface area contributed by atoms with Gasteiger partial charge in [-0.25, -0.2) is 4.98 Å². The average Bonchev–Trinajstić information content (AvgIpc) is 2.85. The van der Waals surface area contributed by atoms with E-state index in [0.717, 1.165) is 32.0 Å². The third-order valence-electron chi connectivity index (χ3n) is 3.83. The molecular weight excluding hydrogens is 224 g/mol. The number of hydrogen-bond donors (Lipinski definition) is 1. The van der Waals surface area contributed by atoms with Crippen molar-refractivity contribution < 1.29 is 0 Å². The molecule has 1 unspecified atom stereocenters. The summed E-state index contributed by atoms with van der Waals surface area (Å²) in [5.74, 6) is 1.77. The minimum Gasteiger partial charge on any atom is -0.349 e. The number of hydrogen-bond acceptors (Lipinski definition) is 2. The van der Waals surface area contributed by atoms with Gasteiger partial charge in [-0.1, -0.05) is 0 Å². The Hall–Kier alpha value is -1.55. The monoisotopic (exact) mass is 244 g/mol. The molecule has 0 saturated heterocycles. The second-order valence-electron chi connectivity index (χ2n) is 5.22. The van der Waals surface area contributed by atoms with Gasteiger partial charge in [0.25, 0.3) is 0 Å². The van der Waals surface area contributed by atoms with Gasteiger partial charge in [0.05, 0.1) is 6.54 Å². The zero-order valence-electron chi connectivity index (χ0n) is 11.1. The van der Waals surface area contributed by atoms with Gasteiger partial charge in [0.1, 0.15) is 5.82 Å². The van der Waals surface area contributed by atoms with Crippen molar-refractivity contribution in [3.05, 3.63) is 41.7 Å². The Morgan fingerprint density at radius 1 is 1.33 bits per heavy atom. The molecule has 0 amide bonds. The van der Waals surface area contributed by atoms with Crippen LogP contribution in [0.4, 0.5) is 0 Å². The molecule has 0 aliphatic carbocycles. The Labute approximate surface area is 108 Å². The highest BCUT2D eigenvalue weighted by atomic mass is 15.1. The summed E-state index contributed by atoms with van der Waals surface area (Å²) in [5.41, 5.74) is 2.70. The number of fused-ring (bicyclic) bond motifs is 1. The third-order valence-corrected chi connectivity index (χ3v) is 3.83. The van der Waals surface area contributed by atoms with Gasteiger partial charge >= 0.3 is 0 Å². The normalized spacial score (nSPS) is 19.6. The van der Waals surface area contributed by atoms with Gasteiger partial charge in [-0.2, -0.15) is 0 Å². The molecule has 0 radical (unpaired) electrons. The Morgan fingerprint density at radius 3 is 2.89 bits per heavy atom. The molecule has 0 fully saturated rings. The van der Waals surface area contributed by atoms with Gasteiger partial charge in [-0.15, -0.1) is 0 Å². The van der Waals surface area contributed by atoms with Crippen LogP contribution < -0.4 is 5.32 Å². The fourth-order valence-electron chi connectivity index (χ4n) is 2.77. The second kappa shape index (κ2) is 4.61. The van der Waals surface area contributed by atoms with Crippen LogP contribution in [0.5, 0.6) is 0 Å². The topological polar surface area (TPSA) is 34.8 Å². The van der Waals surface area contributed by atoms with E-state index >= 15 is 0 Å². The predicted octanol–water partition coefficient (Wildman–Crippen LogP) is 1.72. The zero-order valence-corrected chi connectivity index (χ0v) is 11.1. The molecule has 0 bridgehead atoms. The number of nitrogens with zero attached hydrogens (tertiary/aromatic N) is 3. The van der Waals surface area contributed by atoms with Crippen LogP contribution >= 0.6 is 0 Å². The molecular formula is C14H20N4. The van der Waals surface area contributed by atoms with Gasteiger partial charge in [0, 0.05) is 49.3 Å². The van der Waals surface area contributed by atoms with E-state index in [2.05, 4.69) is 51.6 Å². The summed E-state index contributed by atoms with van der Waals surface area (Å²) < 4.78 is 4.69. The molecule has 1 aliphatic heterocycles. The van der Waals surface area contributed by atoms with Crippen molar-refractivity contribution in [2.24, 2.45) is 5.92 Å². The summed E-state index contributed by atoms with van der Waals surface area (Å²) in [6.07, 6.45) is 3.98. The first-order chi connectivity index (χ1) is 8.74. The van der Waals surface area contributed by atoms with E-state index in [4.69, 9.17) is 0 Å². The van der Waals surface area contributed by atoms with E-state index in [9.17, 15) is 0 Å². The number of nitrogens with one attached hydrogen (secondary N) is 1. The summed E-state index contributed by atoms with van der Waals surface area (Å²) in [4.78, 5) is 4.38. The minimum atomic E-state index is 0.616. The molecule has 4 nitrogen and oxygen atoms in total. The van der Waals surface area contributed by atoms with E-state index in [0.29, 0.717) is 5.92 Å². The quantitative estimate of drug-likeness (QED) is 0.873. The third kappa shape index (κ3) is 2.08. The molecule has 4 heteroatoms. The van der Waals surface area contributed by atoms with Crippen molar-refractivity contribution in [1.29, 1.82) is 0 Å². The standard InChI is InChI=1S/C14H20N4/c1-11-3-4-12(2)18(11)10-13-7-15-8-14-16-5-6-17(14)9-13/h3-6,13,15H,7-10H2,1-2H3. The van der Waals surface area contributed by atoms with Gasteiger partial charge in [-0.3, -0.25) is 0 Å². The van der Waals surface area contributed by atoms with E-state index in [1.54, 1.807) is 0 Å². The SMILES string of the molecule is Cc1ccc(C)n1CC1CNCc2nccn2C1. The molecule has 96 valence electrons. The molecule has 18 heavy (non-hydrogen) atoms. The molecule has 1 N–H and O–H groups in total. The van der Waals surface area contributed by atoms with Gasteiger partial charge in [0.15, 0.2) is 0 Å². The first kappa shape index (κ1) is 11.5. The number of aryl methyl sites for hydroxylation is 2. The summed E-state index contributed by atoms with van der Waals surface area (Å²) >= 11 is 0. The molecule has 0 aromatic carbocycles. The zero-order chi connectivity index (χ0) is 12.5. The van der Waals surface area contributed by atoms with Crippen LogP contribution in [0.3, 0.4) is 0 Å². The molecule has 0 saturated carbocycles. The van der Waals surface area contributed by atoms with E-state index in [1.807, 2.05) is 6.20 Å². The molecule has 3 heterocycles. The van der Waals surface area contributed by atoms with Crippen LogP contribution in [0.15, 0.2) is 24.5 Å². The second-order valence-corrected chi connectivity index (χ2v) is 5.22. The Bertz CT molecular complexity index is 518. The highest BCUT2D eigenvalue weighted by Gasteiger charge is 2.17. The highest BCUT2D eigenvalue weighted by molar-refractivity contribution is 5.13. The average molecular weight is 244 g/mol. The Balaban J connectivity index is 1.78. The maximum absolute atomic E-state index is 4.38. The van der Waals surface area contributed by atoms with E-state index in [1.165, 1.54) is 11.4 Å². The lowest BCUT2D eigenvalue weighted by atomic mass is 10.1. The van der Waals surface area contributed by atoms with Gasteiger partial charge in [0.2, 0.25) is 0 Å². The Morgan fingerprint density at radius 2 is 2.11 bits per heavy atom. The van der Waals surface area contributed by atoms with Crippen molar-refractivity contribution in [2.45, 2.75) is 33.5 Å². The van der Waals surface area contributed by atoms with E-state index in [-0.39, 0.29) is 0 Å². The lowest BCUT2D eigenvalue weighted by Crippen LogP contribution is -2.25. The van der Waals surface area contributed by atoms with Crippen LogP contribution in [-0.2, 0) is 19.6 Å². The largest absolute Gasteiger partial charge is 0.349 e. The van der Waals surface area contributed by atoms with Crippen LogP contribution in [0, 0.1) is 19.8 Å². The lowest BCUT2D eigenvalue weighted by molar-refractivity contribution is 0.379. The van der Waals surface area contributed by atoms with Crippen molar-refractivity contribution in [3.63, 3.8) is 0 Å². The fourth-order valence-corrected chi connectivity index (χ4v) is 2.77. The maximum Gasteiger partial charge on any atom is 0.122 e. The van der Waals surface area contributed by atoms with Crippen molar-refractivity contribution in [3.8, 4) is 0 Å². The molecule has 1 atom stereocenters. The Kier molecular flexibility index (Phi) is 2.96. The molecule has 2 aromatic rings. The van der Waals surface area contributed by atoms with Crippen LogP contribution in [-0.4, -0.2) is 20.7 Å². The summed E-state index contributed by atoms with van der Waals surface area (Å²) in [6, 6.07) is 4.39. The first-order valence-electron chi connectivity index (χ1n) is 6.57. The summed E-state index contributed by atoms with van der Waals surface area (Å²) in [5, 5.41) is 3.49. The molecule has 3 rings (SSSR count). The molecule has 0 spiro atoms. The smallest absolute Gasteiger partial charge is 0.122 e. The van der Waals surface area contributed by atoms with Crippen molar-refractivity contribution in [2.75, 3.05) is 6.54 Å². The van der Waals surface area contributed by atoms with Crippen molar-refractivity contribution in [1.82, 2.24) is 19.4 Å². The van der Waals surface area contributed by atoms with Gasteiger partial charge in [-0.05, 0) is 26.0 Å². The van der Waals surface area contributed by atoms with Crippen LogP contribution in [0.2, 0.25) is 0 Å². The highest BCUT2D eigenvalue weighted by Crippen LogP contribution is 2.15. The van der Waals surface area contributed by atoms with Crippen LogP contribution in [0.25, 0.3) is 0 Å².